The molecule has 0 aromatic heterocycles. The van der Waals surface area contributed by atoms with E-state index in [1.54, 1.807) is 14.2 Å². The highest BCUT2D eigenvalue weighted by molar-refractivity contribution is 7.43. The molecule has 3 saturated heterocycles. The van der Waals surface area contributed by atoms with Crippen LogP contribution >= 0.6 is 34.4 Å². The van der Waals surface area contributed by atoms with Crippen LogP contribution in [0.2, 0.25) is 0 Å². The maximum atomic E-state index is 6.39. The van der Waals surface area contributed by atoms with Crippen LogP contribution in [0.1, 0.15) is 86.0 Å². The molecule has 63 heavy (non-hydrogen) atoms. The second-order valence-corrected chi connectivity index (χ2v) is 20.8. The molecule has 0 saturated carbocycles. The minimum absolute atomic E-state index is 0.647. The lowest BCUT2D eigenvalue weighted by molar-refractivity contribution is 0.146. The SMILES string of the molecule is COP(OC)Oc1c(C)cc(C)c(C)c1-c1c(C)c(C)cc(C)c1OP1OCCCO1.Cc1cc(C)c(OP2OCCCO2)c(-c2c(C)c(C)cc(C)c2OP2OCCCO2)c1C. The van der Waals surface area contributed by atoms with E-state index in [1.165, 1.54) is 22.3 Å². The lowest BCUT2D eigenvalue weighted by Gasteiger charge is -2.28. The van der Waals surface area contributed by atoms with Gasteiger partial charge in [-0.05, 0) is 169 Å². The van der Waals surface area contributed by atoms with Crippen molar-refractivity contribution in [3.05, 3.63) is 91.0 Å². The quantitative estimate of drug-likeness (QED) is 0.126. The molecule has 4 aromatic rings. The predicted molar refractivity (Wildman–Crippen MR) is 254 cm³/mol. The van der Waals surface area contributed by atoms with E-state index in [-0.39, 0.29) is 0 Å². The zero-order valence-corrected chi connectivity index (χ0v) is 42.9. The average Bonchev–Trinajstić information content (AvgIpc) is 3.27. The van der Waals surface area contributed by atoms with Gasteiger partial charge in [0.1, 0.15) is 23.0 Å². The van der Waals surface area contributed by atoms with Crippen LogP contribution in [0.5, 0.6) is 23.0 Å². The third kappa shape index (κ3) is 11.7. The topological polar surface area (TPSA) is 111 Å². The van der Waals surface area contributed by atoms with Crippen molar-refractivity contribution in [2.75, 3.05) is 53.9 Å². The summed E-state index contributed by atoms with van der Waals surface area (Å²) in [5.41, 5.74) is 17.5. The van der Waals surface area contributed by atoms with E-state index in [4.69, 9.17) is 54.3 Å². The van der Waals surface area contributed by atoms with Crippen molar-refractivity contribution in [1.29, 1.82) is 0 Å². The van der Waals surface area contributed by atoms with Gasteiger partial charge < -0.3 is 54.3 Å². The molecule has 12 nitrogen and oxygen atoms in total. The van der Waals surface area contributed by atoms with Crippen LogP contribution in [-0.4, -0.2) is 53.9 Å². The third-order valence-electron chi connectivity index (χ3n) is 11.4. The Hall–Kier alpha value is -2.52. The van der Waals surface area contributed by atoms with Crippen LogP contribution in [0.4, 0.5) is 0 Å². The van der Waals surface area contributed by atoms with Crippen LogP contribution in [-0.2, 0) is 36.2 Å². The van der Waals surface area contributed by atoms with Gasteiger partial charge in [-0.15, -0.1) is 0 Å². The molecule has 0 N–H and O–H groups in total. The fraction of sp³-hybridized carbons (Fsp3) is 0.489. The summed E-state index contributed by atoms with van der Waals surface area (Å²) >= 11 is 0. The molecule has 3 aliphatic rings. The monoisotopic (exact) mass is 944 g/mol. The van der Waals surface area contributed by atoms with E-state index >= 15 is 0 Å². The Balaban J connectivity index is 0.000000210. The lowest BCUT2D eigenvalue weighted by Crippen LogP contribution is -2.11. The van der Waals surface area contributed by atoms with E-state index in [1.807, 2.05) is 6.92 Å². The van der Waals surface area contributed by atoms with Crippen LogP contribution in [0.3, 0.4) is 0 Å². The van der Waals surface area contributed by atoms with Gasteiger partial charge in [-0.2, -0.15) is 0 Å². The summed E-state index contributed by atoms with van der Waals surface area (Å²) in [6.07, 6.45) is 2.66. The Morgan fingerprint density at radius 3 is 0.857 bits per heavy atom. The Bertz CT molecular complexity index is 2150. The molecule has 0 amide bonds. The van der Waals surface area contributed by atoms with Crippen molar-refractivity contribution in [3.8, 4) is 45.3 Å². The summed E-state index contributed by atoms with van der Waals surface area (Å²) < 4.78 is 70.8. The van der Waals surface area contributed by atoms with Crippen molar-refractivity contribution >= 4 is 34.4 Å². The number of aryl methyl sites for hydroxylation is 8. The van der Waals surface area contributed by atoms with Crippen molar-refractivity contribution in [2.45, 2.75) is 102 Å². The van der Waals surface area contributed by atoms with Gasteiger partial charge in [0, 0.05) is 36.5 Å². The molecule has 3 aliphatic heterocycles. The van der Waals surface area contributed by atoms with E-state index in [0.29, 0.717) is 39.6 Å². The van der Waals surface area contributed by atoms with Crippen molar-refractivity contribution in [3.63, 3.8) is 0 Å². The van der Waals surface area contributed by atoms with Crippen molar-refractivity contribution in [1.82, 2.24) is 0 Å². The standard InChI is InChI=1S/C24H32O6P2.C23H32O6P2/c1-15-13-17(3)23(29-31-25-9-7-10-26-31)21(19(15)5)22-20(6)16(2)14-18(4)24(22)30-32-27-11-8-12-28-32;1-14-12-16(3)22(28-30(24-7)25-8)20(18(14)5)21-19(6)15(2)13-17(4)23(21)29-31-26-10-9-11-27-31/h13-14H,7-12H2,1-6H3;12-13H,9-11H2,1-8H3. The molecule has 0 spiro atoms. The molecule has 16 heteroatoms. The molecule has 3 fully saturated rings. The Labute approximate surface area is 379 Å². The maximum Gasteiger partial charge on any atom is 0.397 e. The molecule has 0 aliphatic carbocycles. The van der Waals surface area contributed by atoms with Gasteiger partial charge >= 0.3 is 34.4 Å². The maximum absolute atomic E-state index is 6.39. The van der Waals surface area contributed by atoms with Gasteiger partial charge in [-0.3, -0.25) is 0 Å². The van der Waals surface area contributed by atoms with Crippen molar-refractivity contribution < 1.29 is 54.3 Å². The number of benzene rings is 4. The summed E-state index contributed by atoms with van der Waals surface area (Å²) in [6.45, 7) is 29.1. The second-order valence-electron chi connectivity index (χ2n) is 16.0. The first kappa shape index (κ1) is 49.9. The number of hydrogen-bond donors (Lipinski definition) is 0. The van der Waals surface area contributed by atoms with Crippen LogP contribution in [0, 0.1) is 83.1 Å². The van der Waals surface area contributed by atoms with Crippen LogP contribution < -0.4 is 18.1 Å². The fourth-order valence-electron chi connectivity index (χ4n) is 7.66. The van der Waals surface area contributed by atoms with E-state index in [2.05, 4.69) is 100 Å². The van der Waals surface area contributed by atoms with E-state index in [9.17, 15) is 0 Å². The van der Waals surface area contributed by atoms with E-state index < -0.39 is 34.4 Å². The summed E-state index contributed by atoms with van der Waals surface area (Å²) in [5.74, 6) is 3.09. The summed E-state index contributed by atoms with van der Waals surface area (Å²) in [4.78, 5) is 0. The van der Waals surface area contributed by atoms with Crippen LogP contribution in [0.25, 0.3) is 22.3 Å². The summed E-state index contributed by atoms with van der Waals surface area (Å²) in [7, 11) is -2.64. The van der Waals surface area contributed by atoms with Gasteiger partial charge in [-0.1, -0.05) is 24.3 Å². The molecule has 0 atom stereocenters. The zero-order valence-electron chi connectivity index (χ0n) is 39.4. The molecular weight excluding hydrogens is 880 g/mol. The van der Waals surface area contributed by atoms with Gasteiger partial charge in [0.25, 0.3) is 0 Å². The smallest absolute Gasteiger partial charge is 0.397 e. The number of rotatable bonds is 12. The summed E-state index contributed by atoms with van der Waals surface area (Å²) in [5, 5.41) is 0. The highest BCUT2D eigenvalue weighted by Crippen LogP contribution is 2.56. The van der Waals surface area contributed by atoms with E-state index in [0.717, 1.165) is 109 Å². The van der Waals surface area contributed by atoms with Crippen molar-refractivity contribution in [2.24, 2.45) is 0 Å². The van der Waals surface area contributed by atoms with Gasteiger partial charge in [0.2, 0.25) is 0 Å². The minimum atomic E-state index is -1.51. The normalized spacial score (nSPS) is 16.5. The zero-order chi connectivity index (χ0) is 45.5. The van der Waals surface area contributed by atoms with Gasteiger partial charge in [0.05, 0.1) is 39.6 Å². The molecule has 0 bridgehead atoms. The molecule has 3 heterocycles. The highest BCUT2D eigenvalue weighted by Gasteiger charge is 2.31. The Morgan fingerprint density at radius 1 is 0.365 bits per heavy atom. The molecular formula is C47H64O12P4. The Kier molecular flexibility index (Phi) is 18.1. The first-order valence-electron chi connectivity index (χ1n) is 21.4. The highest BCUT2D eigenvalue weighted by atomic mass is 31.2. The Morgan fingerprint density at radius 2 is 0.603 bits per heavy atom. The molecule has 0 radical (unpaired) electrons. The fourth-order valence-corrected chi connectivity index (χ4v) is 11.7. The average molecular weight is 945 g/mol. The minimum Gasteiger partial charge on any atom is -0.426 e. The second kappa shape index (κ2) is 22.8. The molecule has 344 valence electrons. The van der Waals surface area contributed by atoms with Gasteiger partial charge in [-0.25, -0.2) is 0 Å². The largest absolute Gasteiger partial charge is 0.426 e. The number of hydrogen-bond acceptors (Lipinski definition) is 12. The molecule has 4 aromatic carbocycles. The molecule has 7 rings (SSSR count). The summed E-state index contributed by atoms with van der Waals surface area (Å²) in [6, 6.07) is 8.58. The lowest BCUT2D eigenvalue weighted by atomic mass is 9.87. The predicted octanol–water partition coefficient (Wildman–Crippen LogP) is 14.4. The first-order chi connectivity index (χ1) is 30.1. The molecule has 0 unspecified atom stereocenters. The van der Waals surface area contributed by atoms with Crippen LogP contribution in [0.15, 0.2) is 24.3 Å². The third-order valence-corrected chi connectivity index (χ3v) is 15.7. The first-order valence-corrected chi connectivity index (χ1v) is 25.7. The van der Waals surface area contributed by atoms with Gasteiger partial charge in [0.15, 0.2) is 0 Å².